The fraction of sp³-hybridized carbons (Fsp3) is 0.533. The highest BCUT2D eigenvalue weighted by atomic mass is 19.1. The number of likely N-dealkylation sites (N-methyl/N-ethyl adjacent to an activating group) is 1. The monoisotopic (exact) mass is 264 g/mol. The van der Waals surface area contributed by atoms with Crippen LogP contribution >= 0.6 is 0 Å². The number of rotatable bonds is 3. The molecule has 0 aromatic heterocycles. The maximum absolute atomic E-state index is 13.8. The van der Waals surface area contributed by atoms with Gasteiger partial charge < -0.3 is 10.2 Å². The molecule has 1 aromatic rings. The summed E-state index contributed by atoms with van der Waals surface area (Å²) in [6.45, 7) is 3.23. The fourth-order valence-electron chi connectivity index (χ4n) is 2.54. The second kappa shape index (κ2) is 6.66. The summed E-state index contributed by atoms with van der Waals surface area (Å²) in [4.78, 5) is 14.1. The molecule has 0 spiro atoms. The van der Waals surface area contributed by atoms with Gasteiger partial charge in [0, 0.05) is 6.54 Å². The van der Waals surface area contributed by atoms with Crippen molar-refractivity contribution < 1.29 is 9.18 Å². The van der Waals surface area contributed by atoms with Crippen molar-refractivity contribution >= 4 is 11.6 Å². The van der Waals surface area contributed by atoms with Gasteiger partial charge in [0.2, 0.25) is 5.91 Å². The van der Waals surface area contributed by atoms with Crippen molar-refractivity contribution in [2.45, 2.75) is 38.6 Å². The molecule has 104 valence electrons. The van der Waals surface area contributed by atoms with Crippen LogP contribution in [-0.4, -0.2) is 25.0 Å². The number of nitrogens with one attached hydrogen (secondary N) is 1. The molecule has 1 fully saturated rings. The summed E-state index contributed by atoms with van der Waals surface area (Å²) >= 11 is 0. The van der Waals surface area contributed by atoms with Gasteiger partial charge in [-0.05, 0) is 38.4 Å². The SMILES string of the molecule is CCN(C(=O)C1CCCCCN1)c1ccccc1F. The molecule has 1 N–H and O–H groups in total. The second-order valence-electron chi connectivity index (χ2n) is 4.89. The number of nitrogens with zero attached hydrogens (tertiary/aromatic N) is 1. The van der Waals surface area contributed by atoms with Crippen LogP contribution in [0.2, 0.25) is 0 Å². The largest absolute Gasteiger partial charge is 0.309 e. The van der Waals surface area contributed by atoms with E-state index >= 15 is 0 Å². The van der Waals surface area contributed by atoms with Gasteiger partial charge in [-0.2, -0.15) is 0 Å². The van der Waals surface area contributed by atoms with E-state index in [9.17, 15) is 9.18 Å². The number of anilines is 1. The molecule has 1 aromatic carbocycles. The standard InChI is InChI=1S/C15H21FN2O/c1-2-18(14-10-6-5-8-12(14)16)15(19)13-9-4-3-7-11-17-13/h5-6,8,10,13,17H,2-4,7,9,11H2,1H3. The van der Waals surface area contributed by atoms with Gasteiger partial charge in [0.1, 0.15) is 5.82 Å². The van der Waals surface area contributed by atoms with Crippen LogP contribution in [0.4, 0.5) is 10.1 Å². The summed E-state index contributed by atoms with van der Waals surface area (Å²) in [7, 11) is 0. The first kappa shape index (κ1) is 14.0. The van der Waals surface area contributed by atoms with E-state index in [-0.39, 0.29) is 17.8 Å². The molecule has 3 nitrogen and oxygen atoms in total. The molecule has 19 heavy (non-hydrogen) atoms. The van der Waals surface area contributed by atoms with E-state index < -0.39 is 0 Å². The quantitative estimate of drug-likeness (QED) is 0.910. The van der Waals surface area contributed by atoms with Crippen molar-refractivity contribution in [1.82, 2.24) is 5.32 Å². The van der Waals surface area contributed by atoms with Gasteiger partial charge >= 0.3 is 0 Å². The Hall–Kier alpha value is -1.42. The molecule has 1 aliphatic heterocycles. The highest BCUT2D eigenvalue weighted by Gasteiger charge is 2.26. The Morgan fingerprint density at radius 2 is 2.16 bits per heavy atom. The van der Waals surface area contributed by atoms with E-state index in [4.69, 9.17) is 0 Å². The van der Waals surface area contributed by atoms with Crippen molar-refractivity contribution in [2.75, 3.05) is 18.0 Å². The molecule has 0 aliphatic carbocycles. The minimum absolute atomic E-state index is 0.0190. The number of halogens is 1. The lowest BCUT2D eigenvalue weighted by Gasteiger charge is -2.26. The Kier molecular flexibility index (Phi) is 4.91. The summed E-state index contributed by atoms with van der Waals surface area (Å²) < 4.78 is 13.8. The van der Waals surface area contributed by atoms with Crippen LogP contribution in [0.15, 0.2) is 24.3 Å². The molecule has 0 radical (unpaired) electrons. The third-order valence-electron chi connectivity index (χ3n) is 3.58. The number of amides is 1. The minimum Gasteiger partial charge on any atom is -0.309 e. The smallest absolute Gasteiger partial charge is 0.244 e. The summed E-state index contributed by atoms with van der Waals surface area (Å²) in [5, 5.41) is 3.27. The second-order valence-corrected chi connectivity index (χ2v) is 4.89. The zero-order valence-corrected chi connectivity index (χ0v) is 11.4. The van der Waals surface area contributed by atoms with Crippen LogP contribution in [0.1, 0.15) is 32.6 Å². The lowest BCUT2D eigenvalue weighted by Crippen LogP contribution is -2.46. The number of carbonyl (C=O) groups excluding carboxylic acids is 1. The van der Waals surface area contributed by atoms with Crippen molar-refractivity contribution in [3.05, 3.63) is 30.1 Å². The third-order valence-corrected chi connectivity index (χ3v) is 3.58. The first-order valence-electron chi connectivity index (χ1n) is 7.03. The molecule has 0 saturated carbocycles. The molecule has 4 heteroatoms. The topological polar surface area (TPSA) is 32.3 Å². The van der Waals surface area contributed by atoms with Crippen LogP contribution in [-0.2, 0) is 4.79 Å². The number of hydrogen-bond acceptors (Lipinski definition) is 2. The number of para-hydroxylation sites is 1. The molecule has 1 atom stereocenters. The van der Waals surface area contributed by atoms with E-state index in [1.807, 2.05) is 6.92 Å². The molecular weight excluding hydrogens is 243 g/mol. The van der Waals surface area contributed by atoms with Gasteiger partial charge in [-0.3, -0.25) is 4.79 Å². The van der Waals surface area contributed by atoms with Crippen molar-refractivity contribution in [1.29, 1.82) is 0 Å². The van der Waals surface area contributed by atoms with Gasteiger partial charge in [-0.25, -0.2) is 4.39 Å². The van der Waals surface area contributed by atoms with Crippen molar-refractivity contribution in [3.8, 4) is 0 Å². The maximum atomic E-state index is 13.8. The van der Waals surface area contributed by atoms with Crippen LogP contribution in [0.5, 0.6) is 0 Å². The van der Waals surface area contributed by atoms with Gasteiger partial charge in [0.05, 0.1) is 11.7 Å². The summed E-state index contributed by atoms with van der Waals surface area (Å²) in [6, 6.07) is 6.27. The molecule has 2 rings (SSSR count). The van der Waals surface area contributed by atoms with Gasteiger partial charge in [0.15, 0.2) is 0 Å². The highest BCUT2D eigenvalue weighted by molar-refractivity contribution is 5.97. The lowest BCUT2D eigenvalue weighted by molar-refractivity contribution is -0.120. The van der Waals surface area contributed by atoms with E-state index in [1.165, 1.54) is 6.07 Å². The molecule has 1 aliphatic rings. The fourth-order valence-corrected chi connectivity index (χ4v) is 2.54. The lowest BCUT2D eigenvalue weighted by atomic mass is 10.1. The number of benzene rings is 1. The van der Waals surface area contributed by atoms with Gasteiger partial charge in [-0.15, -0.1) is 0 Å². The average molecular weight is 264 g/mol. The number of carbonyl (C=O) groups is 1. The Balaban J connectivity index is 2.16. The van der Waals surface area contributed by atoms with E-state index in [0.717, 1.165) is 32.2 Å². The van der Waals surface area contributed by atoms with Gasteiger partial charge in [-0.1, -0.05) is 25.0 Å². The first-order valence-corrected chi connectivity index (χ1v) is 7.03. The molecule has 0 bridgehead atoms. The molecule has 1 unspecified atom stereocenters. The Morgan fingerprint density at radius 3 is 2.89 bits per heavy atom. The van der Waals surface area contributed by atoms with Gasteiger partial charge in [0.25, 0.3) is 0 Å². The summed E-state index contributed by atoms with van der Waals surface area (Å²) in [5.41, 5.74) is 0.376. The predicted octanol–water partition coefficient (Wildman–Crippen LogP) is 2.71. The highest BCUT2D eigenvalue weighted by Crippen LogP contribution is 2.21. The zero-order chi connectivity index (χ0) is 13.7. The maximum Gasteiger partial charge on any atom is 0.244 e. The van der Waals surface area contributed by atoms with Crippen molar-refractivity contribution in [3.63, 3.8) is 0 Å². The van der Waals surface area contributed by atoms with Crippen molar-refractivity contribution in [2.24, 2.45) is 0 Å². The predicted molar refractivity (Wildman–Crippen MR) is 74.7 cm³/mol. The molecular formula is C15H21FN2O. The Labute approximate surface area is 113 Å². The summed E-state index contributed by atoms with van der Waals surface area (Å²) in [6.07, 6.45) is 4.15. The van der Waals surface area contributed by atoms with Crippen LogP contribution in [0, 0.1) is 5.82 Å². The zero-order valence-electron chi connectivity index (χ0n) is 11.4. The average Bonchev–Trinajstić information content (AvgIpc) is 2.70. The summed E-state index contributed by atoms with van der Waals surface area (Å²) in [5.74, 6) is -0.360. The van der Waals surface area contributed by atoms with Crippen LogP contribution in [0.25, 0.3) is 0 Å². The number of hydrogen-bond donors (Lipinski definition) is 1. The van der Waals surface area contributed by atoms with E-state index in [0.29, 0.717) is 12.2 Å². The Morgan fingerprint density at radius 1 is 1.37 bits per heavy atom. The molecule has 1 saturated heterocycles. The van der Waals surface area contributed by atoms with Crippen LogP contribution < -0.4 is 10.2 Å². The third kappa shape index (κ3) is 3.32. The normalized spacial score (nSPS) is 19.8. The first-order chi connectivity index (χ1) is 9.24. The van der Waals surface area contributed by atoms with Crippen LogP contribution in [0.3, 0.4) is 0 Å². The van der Waals surface area contributed by atoms with E-state index in [2.05, 4.69) is 5.32 Å². The molecule has 1 heterocycles. The minimum atomic E-state index is -0.341. The molecule has 1 amide bonds. The van der Waals surface area contributed by atoms with E-state index in [1.54, 1.807) is 23.1 Å². The Bertz CT molecular complexity index is 428.